The van der Waals surface area contributed by atoms with Crippen molar-refractivity contribution < 1.29 is 4.42 Å². The molecule has 0 radical (unpaired) electrons. The highest BCUT2D eigenvalue weighted by atomic mass is 79.9. The first-order valence-electron chi connectivity index (χ1n) is 7.22. The lowest BCUT2D eigenvalue weighted by atomic mass is 10.2. The number of nitrogens with zero attached hydrogens (tertiary/aromatic N) is 1. The average molecular weight is 457 g/mol. The second-order valence-electron chi connectivity index (χ2n) is 5.06. The fourth-order valence-electron chi connectivity index (χ4n) is 2.07. The van der Waals surface area contributed by atoms with E-state index in [4.69, 9.17) is 39.8 Å². The molecule has 2 heterocycles. The zero-order valence-corrected chi connectivity index (χ0v) is 16.6. The van der Waals surface area contributed by atoms with Crippen LogP contribution in [0, 0.1) is 0 Å². The Labute approximate surface area is 168 Å². The highest BCUT2D eigenvalue weighted by Gasteiger charge is 2.07. The minimum absolute atomic E-state index is 0.431. The molecule has 0 amide bonds. The van der Waals surface area contributed by atoms with Gasteiger partial charge in [0.2, 0.25) is 0 Å². The fraction of sp³-hybridized carbons (Fsp3) is 0.0588. The summed E-state index contributed by atoms with van der Waals surface area (Å²) in [5.41, 5.74) is 0.964. The van der Waals surface area contributed by atoms with Gasteiger partial charge in [-0.1, -0.05) is 23.2 Å². The predicted molar refractivity (Wildman–Crippen MR) is 109 cm³/mol. The van der Waals surface area contributed by atoms with Crippen LogP contribution in [0.25, 0.3) is 11.3 Å². The van der Waals surface area contributed by atoms with Gasteiger partial charge in [0.1, 0.15) is 17.3 Å². The second kappa shape index (κ2) is 8.19. The molecule has 0 saturated heterocycles. The van der Waals surface area contributed by atoms with Crippen LogP contribution in [0.4, 0.5) is 5.82 Å². The Morgan fingerprint density at radius 3 is 2.60 bits per heavy atom. The molecule has 8 heteroatoms. The molecule has 25 heavy (non-hydrogen) atoms. The Morgan fingerprint density at radius 1 is 1.12 bits per heavy atom. The van der Waals surface area contributed by atoms with Crippen molar-refractivity contribution in [3.05, 3.63) is 68.9 Å². The molecule has 3 aromatic rings. The summed E-state index contributed by atoms with van der Waals surface area (Å²) in [4.78, 5) is 4.17. The van der Waals surface area contributed by atoms with Gasteiger partial charge in [-0.2, -0.15) is 0 Å². The van der Waals surface area contributed by atoms with Gasteiger partial charge in [-0.3, -0.25) is 0 Å². The maximum atomic E-state index is 5.90. The molecular formula is C17H12BrCl2N3OS. The van der Waals surface area contributed by atoms with Crippen LogP contribution in [0.5, 0.6) is 0 Å². The van der Waals surface area contributed by atoms with E-state index in [0.29, 0.717) is 27.5 Å². The smallest absolute Gasteiger partial charge is 0.172 e. The number of furan rings is 1. The molecule has 0 fully saturated rings. The van der Waals surface area contributed by atoms with Gasteiger partial charge in [0.05, 0.1) is 16.0 Å². The van der Waals surface area contributed by atoms with Crippen molar-refractivity contribution in [1.82, 2.24) is 10.3 Å². The lowest BCUT2D eigenvalue weighted by Crippen LogP contribution is -2.28. The SMILES string of the molecule is S=C(NCc1ccc(-c2ccc(Cl)cc2)o1)Nc1ncc(Cl)cc1Br. The van der Waals surface area contributed by atoms with E-state index >= 15 is 0 Å². The van der Waals surface area contributed by atoms with E-state index in [1.165, 1.54) is 0 Å². The first-order chi connectivity index (χ1) is 12.0. The number of hydrogen-bond acceptors (Lipinski definition) is 3. The average Bonchev–Trinajstić information content (AvgIpc) is 3.05. The molecule has 0 saturated carbocycles. The Morgan fingerprint density at radius 2 is 1.88 bits per heavy atom. The number of aromatic nitrogens is 1. The van der Waals surface area contributed by atoms with Gasteiger partial charge in [0.25, 0.3) is 0 Å². The van der Waals surface area contributed by atoms with Gasteiger partial charge in [0.15, 0.2) is 5.11 Å². The largest absolute Gasteiger partial charge is 0.459 e. The Bertz CT molecular complexity index is 899. The number of thiocarbonyl (C=S) groups is 1. The summed E-state index contributed by atoms with van der Waals surface area (Å²) in [6.45, 7) is 0.449. The first-order valence-corrected chi connectivity index (χ1v) is 9.17. The molecule has 2 aromatic heterocycles. The fourth-order valence-corrected chi connectivity index (χ4v) is 3.10. The van der Waals surface area contributed by atoms with Crippen LogP contribution in [0.1, 0.15) is 5.76 Å². The molecule has 4 nitrogen and oxygen atoms in total. The molecule has 3 rings (SSSR count). The van der Waals surface area contributed by atoms with E-state index in [0.717, 1.165) is 21.6 Å². The lowest BCUT2D eigenvalue weighted by molar-refractivity contribution is 0.516. The van der Waals surface area contributed by atoms with Crippen molar-refractivity contribution >= 4 is 62.3 Å². The molecule has 0 aliphatic rings. The topological polar surface area (TPSA) is 50.1 Å². The zero-order valence-electron chi connectivity index (χ0n) is 12.7. The predicted octanol–water partition coefficient (Wildman–Crippen LogP) is 5.90. The van der Waals surface area contributed by atoms with E-state index in [1.54, 1.807) is 12.3 Å². The summed E-state index contributed by atoms with van der Waals surface area (Å²) in [5, 5.41) is 7.74. The van der Waals surface area contributed by atoms with Crippen LogP contribution in [-0.2, 0) is 6.54 Å². The third-order valence-electron chi connectivity index (χ3n) is 3.25. The number of halogens is 3. The molecule has 1 aromatic carbocycles. The third kappa shape index (κ3) is 4.95. The zero-order chi connectivity index (χ0) is 17.8. The molecule has 128 valence electrons. The first kappa shape index (κ1) is 18.2. The standard InChI is InChI=1S/C17H12BrCl2N3OS/c18-14-7-12(20)8-21-16(14)23-17(25)22-9-13-5-6-15(24-13)10-1-3-11(19)4-2-10/h1-8H,9H2,(H2,21,22,23,25). The summed E-state index contributed by atoms with van der Waals surface area (Å²) in [6, 6.07) is 13.0. The highest BCUT2D eigenvalue weighted by molar-refractivity contribution is 9.10. The lowest BCUT2D eigenvalue weighted by Gasteiger charge is -2.10. The van der Waals surface area contributed by atoms with Gasteiger partial charge in [0, 0.05) is 16.8 Å². The quantitative estimate of drug-likeness (QED) is 0.478. The molecule has 0 spiro atoms. The van der Waals surface area contributed by atoms with Crippen LogP contribution in [-0.4, -0.2) is 10.1 Å². The van der Waals surface area contributed by atoms with Crippen LogP contribution < -0.4 is 10.6 Å². The van der Waals surface area contributed by atoms with Crippen LogP contribution in [0.2, 0.25) is 10.0 Å². The van der Waals surface area contributed by atoms with Crippen LogP contribution >= 0.6 is 51.3 Å². The Hall–Kier alpha value is -1.60. The van der Waals surface area contributed by atoms with E-state index in [1.807, 2.05) is 36.4 Å². The summed E-state index contributed by atoms with van der Waals surface area (Å²) >= 11 is 20.4. The molecule has 2 N–H and O–H groups in total. The highest BCUT2D eigenvalue weighted by Crippen LogP contribution is 2.24. The number of hydrogen-bond donors (Lipinski definition) is 2. The Kier molecular flexibility index (Phi) is 5.96. The molecule has 0 aliphatic carbocycles. The van der Waals surface area contributed by atoms with Crippen molar-refractivity contribution in [1.29, 1.82) is 0 Å². The Balaban J connectivity index is 1.58. The second-order valence-corrected chi connectivity index (χ2v) is 7.20. The van der Waals surface area contributed by atoms with E-state index in [-0.39, 0.29) is 0 Å². The number of rotatable bonds is 4. The number of nitrogens with one attached hydrogen (secondary N) is 2. The van der Waals surface area contributed by atoms with E-state index < -0.39 is 0 Å². The van der Waals surface area contributed by atoms with Crippen molar-refractivity contribution in [2.45, 2.75) is 6.54 Å². The third-order valence-corrected chi connectivity index (χ3v) is 4.56. The maximum absolute atomic E-state index is 5.90. The van der Waals surface area contributed by atoms with Crippen molar-refractivity contribution in [3.8, 4) is 11.3 Å². The maximum Gasteiger partial charge on any atom is 0.172 e. The van der Waals surface area contributed by atoms with Crippen molar-refractivity contribution in [2.75, 3.05) is 5.32 Å². The van der Waals surface area contributed by atoms with Gasteiger partial charge < -0.3 is 15.1 Å². The van der Waals surface area contributed by atoms with Crippen LogP contribution in [0.15, 0.2) is 57.6 Å². The van der Waals surface area contributed by atoms with E-state index in [9.17, 15) is 0 Å². The molecule has 0 atom stereocenters. The number of anilines is 1. The summed E-state index contributed by atoms with van der Waals surface area (Å²) in [7, 11) is 0. The molecule has 0 aliphatic heterocycles. The summed E-state index contributed by atoms with van der Waals surface area (Å²) in [5.74, 6) is 2.12. The van der Waals surface area contributed by atoms with Crippen LogP contribution in [0.3, 0.4) is 0 Å². The summed E-state index contributed by atoms with van der Waals surface area (Å²) < 4.78 is 6.54. The van der Waals surface area contributed by atoms with Crippen molar-refractivity contribution in [3.63, 3.8) is 0 Å². The van der Waals surface area contributed by atoms with Gasteiger partial charge in [-0.15, -0.1) is 0 Å². The van der Waals surface area contributed by atoms with Gasteiger partial charge >= 0.3 is 0 Å². The number of benzene rings is 1. The summed E-state index contributed by atoms with van der Waals surface area (Å²) in [6.07, 6.45) is 1.54. The minimum atomic E-state index is 0.431. The van der Waals surface area contributed by atoms with E-state index in [2.05, 4.69) is 31.5 Å². The van der Waals surface area contributed by atoms with Gasteiger partial charge in [-0.25, -0.2) is 4.98 Å². The molecule has 0 unspecified atom stereocenters. The van der Waals surface area contributed by atoms with Crippen molar-refractivity contribution in [2.24, 2.45) is 0 Å². The normalized spacial score (nSPS) is 10.5. The minimum Gasteiger partial charge on any atom is -0.459 e. The molecular weight excluding hydrogens is 445 g/mol. The van der Waals surface area contributed by atoms with Gasteiger partial charge in [-0.05, 0) is 70.6 Å². The monoisotopic (exact) mass is 455 g/mol. The molecule has 0 bridgehead atoms. The number of pyridine rings is 1.